The second-order valence-corrected chi connectivity index (χ2v) is 7.40. The minimum Gasteiger partial charge on any atom is -0.396 e. The van der Waals surface area contributed by atoms with E-state index in [9.17, 15) is 8.42 Å². The number of nitrogens with two attached hydrogens (primary N) is 1. The Morgan fingerprint density at radius 1 is 0.962 bits per heavy atom. The van der Waals surface area contributed by atoms with E-state index >= 15 is 0 Å². The molecule has 0 spiro atoms. The maximum absolute atomic E-state index is 11.1. The quantitative estimate of drug-likeness (QED) is 0.357. The van der Waals surface area contributed by atoms with Crippen molar-refractivity contribution in [2.24, 2.45) is 10.2 Å². The summed E-state index contributed by atoms with van der Waals surface area (Å²) in [5.41, 5.74) is 10.4. The van der Waals surface area contributed by atoms with Gasteiger partial charge in [-0.05, 0) is 59.7 Å². The fourth-order valence-corrected chi connectivity index (χ4v) is 3.69. The van der Waals surface area contributed by atoms with Gasteiger partial charge in [0.15, 0.2) is 0 Å². The van der Waals surface area contributed by atoms with Crippen molar-refractivity contribution in [3.8, 4) is 0 Å². The smallest absolute Gasteiger partial charge is 0.294 e. The molecule has 6 N–H and O–H groups in total. The molecule has 7 nitrogen and oxygen atoms in total. The average Bonchev–Trinajstić information content (AvgIpc) is 3.00. The number of nitrogen functional groups attached to an aromatic ring is 1. The molecule has 0 atom stereocenters. The van der Waals surface area contributed by atoms with Crippen LogP contribution in [0.3, 0.4) is 0 Å². The number of nitrogens with zero attached hydrogens (tertiary/aromatic N) is 2. The molecule has 0 amide bonds. The van der Waals surface area contributed by atoms with E-state index in [1.807, 2.05) is 18.2 Å². The number of azo groups is 1. The Morgan fingerprint density at radius 2 is 1.65 bits per heavy atom. The first-order valence-corrected chi connectivity index (χ1v) is 9.20. The Labute approximate surface area is 150 Å². The molecule has 1 aliphatic rings. The summed E-state index contributed by atoms with van der Waals surface area (Å²) in [7, 11) is -4.21. The van der Waals surface area contributed by atoms with Gasteiger partial charge in [0.2, 0.25) is 0 Å². The second-order valence-electron chi connectivity index (χ2n) is 5.98. The molecule has 0 radical (unpaired) electrons. The van der Waals surface area contributed by atoms with Gasteiger partial charge < -0.3 is 11.9 Å². The maximum Gasteiger partial charge on any atom is 0.294 e. The minimum absolute atomic E-state index is 0. The van der Waals surface area contributed by atoms with Crippen LogP contribution in [-0.2, 0) is 23.0 Å². The van der Waals surface area contributed by atoms with Gasteiger partial charge in [0, 0.05) is 5.39 Å². The van der Waals surface area contributed by atoms with Crippen molar-refractivity contribution in [2.45, 2.75) is 17.7 Å². The molecular formula is C18H18N4O3S. The third-order valence-electron chi connectivity index (χ3n) is 4.42. The Balaban J connectivity index is 0.00000196. The van der Waals surface area contributed by atoms with E-state index in [4.69, 9.17) is 10.3 Å². The minimum atomic E-state index is -4.21. The summed E-state index contributed by atoms with van der Waals surface area (Å²) in [6, 6.07) is 13.6. The van der Waals surface area contributed by atoms with E-state index in [1.54, 1.807) is 0 Å². The Kier molecular flexibility index (Phi) is 4.49. The second kappa shape index (κ2) is 6.49. The van der Waals surface area contributed by atoms with Crippen molar-refractivity contribution in [3.63, 3.8) is 0 Å². The summed E-state index contributed by atoms with van der Waals surface area (Å²) in [6.45, 7) is 0. The van der Waals surface area contributed by atoms with Gasteiger partial charge in [-0.25, -0.2) is 0 Å². The SMILES string of the molecule is N.Nc1c(N=Nc2ccc(S(=O)(=O)O)cc2)cc2c3c(cccc13)CC2. The first-order chi connectivity index (χ1) is 11.9. The summed E-state index contributed by atoms with van der Waals surface area (Å²) < 4.78 is 31.1. The van der Waals surface area contributed by atoms with Crippen LogP contribution in [0.4, 0.5) is 17.1 Å². The van der Waals surface area contributed by atoms with Gasteiger partial charge in [0.25, 0.3) is 10.1 Å². The molecule has 3 aromatic carbocycles. The van der Waals surface area contributed by atoms with Crippen molar-refractivity contribution in [1.29, 1.82) is 0 Å². The van der Waals surface area contributed by atoms with Crippen LogP contribution < -0.4 is 11.9 Å². The van der Waals surface area contributed by atoms with Gasteiger partial charge >= 0.3 is 0 Å². The Morgan fingerprint density at radius 3 is 2.35 bits per heavy atom. The molecule has 0 saturated heterocycles. The van der Waals surface area contributed by atoms with E-state index in [1.165, 1.54) is 40.8 Å². The van der Waals surface area contributed by atoms with Gasteiger partial charge in [-0.3, -0.25) is 4.55 Å². The van der Waals surface area contributed by atoms with Crippen molar-refractivity contribution in [1.82, 2.24) is 6.15 Å². The zero-order valence-electron chi connectivity index (χ0n) is 13.9. The topological polar surface area (TPSA) is 140 Å². The normalized spacial score (nSPS) is 13.3. The van der Waals surface area contributed by atoms with Crippen LogP contribution >= 0.6 is 0 Å². The first kappa shape index (κ1) is 18.0. The van der Waals surface area contributed by atoms with Crippen LogP contribution in [0.25, 0.3) is 10.8 Å². The van der Waals surface area contributed by atoms with Crippen LogP contribution in [0.15, 0.2) is 63.7 Å². The highest BCUT2D eigenvalue weighted by molar-refractivity contribution is 7.85. The van der Waals surface area contributed by atoms with Crippen molar-refractivity contribution in [3.05, 3.63) is 59.7 Å². The highest BCUT2D eigenvalue weighted by Gasteiger charge is 2.17. The molecule has 0 aliphatic heterocycles. The molecule has 0 unspecified atom stereocenters. The molecular weight excluding hydrogens is 352 g/mol. The number of benzene rings is 3. The van der Waals surface area contributed by atoms with Gasteiger partial charge in [0.1, 0.15) is 5.69 Å². The first-order valence-electron chi connectivity index (χ1n) is 7.76. The number of aryl methyl sites for hydroxylation is 2. The largest absolute Gasteiger partial charge is 0.396 e. The summed E-state index contributed by atoms with van der Waals surface area (Å²) in [4.78, 5) is -0.183. The molecule has 0 fully saturated rings. The van der Waals surface area contributed by atoms with E-state index in [0.717, 1.165) is 18.2 Å². The van der Waals surface area contributed by atoms with Crippen molar-refractivity contribution in [2.75, 3.05) is 5.73 Å². The molecule has 0 heterocycles. The standard InChI is InChI=1S/C18H15N3O3S.H3N/c19-18-15-3-1-2-11-4-5-12(17(11)15)10-16(18)21-20-13-6-8-14(9-7-13)25(22,23)24;/h1-3,6-10H,4-5,19H2,(H,22,23,24);1H3. The molecule has 134 valence electrons. The van der Waals surface area contributed by atoms with E-state index in [0.29, 0.717) is 17.1 Å². The predicted octanol–water partition coefficient (Wildman–Crippen LogP) is 4.34. The Bertz CT molecular complexity index is 1120. The van der Waals surface area contributed by atoms with Crippen LogP contribution in [-0.4, -0.2) is 13.0 Å². The van der Waals surface area contributed by atoms with Crippen LogP contribution in [0.1, 0.15) is 11.1 Å². The van der Waals surface area contributed by atoms with Crippen molar-refractivity contribution < 1.29 is 13.0 Å². The van der Waals surface area contributed by atoms with E-state index < -0.39 is 10.1 Å². The Hall–Kier alpha value is -2.81. The van der Waals surface area contributed by atoms with Crippen LogP contribution in [0, 0.1) is 0 Å². The molecule has 8 heteroatoms. The fourth-order valence-electron chi connectivity index (χ4n) is 3.21. The van der Waals surface area contributed by atoms with Crippen LogP contribution in [0.5, 0.6) is 0 Å². The maximum atomic E-state index is 11.1. The molecule has 0 saturated carbocycles. The average molecular weight is 370 g/mol. The lowest BCUT2D eigenvalue weighted by atomic mass is 10.0. The number of hydrogen-bond acceptors (Lipinski definition) is 6. The summed E-state index contributed by atoms with van der Waals surface area (Å²) in [5, 5.41) is 10.6. The molecule has 26 heavy (non-hydrogen) atoms. The lowest BCUT2D eigenvalue weighted by Gasteiger charge is -2.08. The molecule has 3 aromatic rings. The summed E-state index contributed by atoms with van der Waals surface area (Å²) in [6.07, 6.45) is 1.96. The number of rotatable bonds is 3. The highest BCUT2D eigenvalue weighted by atomic mass is 32.2. The van der Waals surface area contributed by atoms with E-state index in [-0.39, 0.29) is 11.0 Å². The van der Waals surface area contributed by atoms with Gasteiger partial charge in [-0.1, -0.05) is 18.2 Å². The van der Waals surface area contributed by atoms with Gasteiger partial charge in [-0.2, -0.15) is 13.5 Å². The lowest BCUT2D eigenvalue weighted by molar-refractivity contribution is 0.483. The summed E-state index contributed by atoms with van der Waals surface area (Å²) in [5.74, 6) is 0. The lowest BCUT2D eigenvalue weighted by Crippen LogP contribution is -1.96. The molecule has 4 rings (SSSR count). The number of anilines is 1. The predicted molar refractivity (Wildman–Crippen MR) is 101 cm³/mol. The van der Waals surface area contributed by atoms with E-state index in [2.05, 4.69) is 16.3 Å². The molecule has 1 aliphatic carbocycles. The van der Waals surface area contributed by atoms with Gasteiger partial charge in [0.05, 0.1) is 16.3 Å². The number of hydrogen-bond donors (Lipinski definition) is 3. The monoisotopic (exact) mass is 370 g/mol. The third-order valence-corrected chi connectivity index (χ3v) is 5.29. The summed E-state index contributed by atoms with van der Waals surface area (Å²) >= 11 is 0. The van der Waals surface area contributed by atoms with Crippen LogP contribution in [0.2, 0.25) is 0 Å². The van der Waals surface area contributed by atoms with Crippen molar-refractivity contribution >= 4 is 38.0 Å². The van der Waals surface area contributed by atoms with Gasteiger partial charge in [-0.15, -0.1) is 5.11 Å². The molecule has 0 bridgehead atoms. The molecule has 0 aromatic heterocycles. The zero-order valence-corrected chi connectivity index (χ0v) is 14.7. The third kappa shape index (κ3) is 3.05. The zero-order chi connectivity index (χ0) is 17.6. The fraction of sp³-hybridized carbons (Fsp3) is 0.111. The highest BCUT2D eigenvalue weighted by Crippen LogP contribution is 2.40.